The first-order valence-corrected chi connectivity index (χ1v) is 20.3. The van der Waals surface area contributed by atoms with Crippen LogP contribution in [0.4, 0.5) is 11.4 Å². The average Bonchev–Trinajstić information content (AvgIpc) is 3.84. The summed E-state index contributed by atoms with van der Waals surface area (Å²) in [6.45, 7) is 13.6. The van der Waals surface area contributed by atoms with Crippen LogP contribution in [0.1, 0.15) is 52.7 Å². The highest BCUT2D eigenvalue weighted by Gasteiger charge is 2.47. The molecule has 0 N–H and O–H groups in total. The van der Waals surface area contributed by atoms with Crippen molar-refractivity contribution in [3.05, 3.63) is 139 Å². The molecule has 12 rings (SSSR count). The highest BCUT2D eigenvalue weighted by atomic mass is 32.1. The van der Waals surface area contributed by atoms with Gasteiger partial charge in [-0.05, 0) is 98.4 Å². The van der Waals surface area contributed by atoms with Crippen LogP contribution in [0.5, 0.6) is 0 Å². The Labute approximate surface area is 324 Å². The Balaban J connectivity index is 1.27. The number of anilines is 2. The fourth-order valence-electron chi connectivity index (χ4n) is 9.65. The summed E-state index contributed by atoms with van der Waals surface area (Å²) in [5, 5.41) is 8.85. The number of rotatable bonds is 1. The minimum absolute atomic E-state index is 0.0143. The first-order valence-electron chi connectivity index (χ1n) is 19.5. The molecule has 2 aliphatic rings. The van der Waals surface area contributed by atoms with Gasteiger partial charge in [0.2, 0.25) is 0 Å². The number of hydrogen-bond acceptors (Lipinski definition) is 3. The van der Waals surface area contributed by atoms with E-state index in [4.69, 9.17) is 4.42 Å². The third kappa shape index (κ3) is 4.22. The molecule has 264 valence electrons. The fraction of sp³-hybridized carbons (Fsp3) is 0.160. The molecule has 0 atom stereocenters. The molecule has 10 aromatic rings. The van der Waals surface area contributed by atoms with E-state index in [9.17, 15) is 0 Å². The van der Waals surface area contributed by atoms with Gasteiger partial charge in [-0.3, -0.25) is 0 Å². The van der Waals surface area contributed by atoms with Crippen LogP contribution in [0.25, 0.3) is 80.5 Å². The van der Waals surface area contributed by atoms with Gasteiger partial charge in [0.05, 0.1) is 16.7 Å². The lowest BCUT2D eigenvalue weighted by Gasteiger charge is -2.40. The summed E-state index contributed by atoms with van der Waals surface area (Å²) in [7, 11) is 0. The van der Waals surface area contributed by atoms with Crippen molar-refractivity contribution >= 4 is 104 Å². The molecule has 3 nitrogen and oxygen atoms in total. The van der Waals surface area contributed by atoms with Gasteiger partial charge in [0.15, 0.2) is 0 Å². The Morgan fingerprint density at radius 3 is 2.07 bits per heavy atom. The van der Waals surface area contributed by atoms with Crippen molar-refractivity contribution in [1.29, 1.82) is 0 Å². The Bertz CT molecular complexity index is 3290. The smallest absolute Gasteiger partial charge is 0.375 e. The molecule has 0 unspecified atom stereocenters. The molecule has 5 heterocycles. The van der Waals surface area contributed by atoms with E-state index in [2.05, 4.69) is 178 Å². The number of benzene rings is 7. The lowest BCUT2D eigenvalue weighted by molar-refractivity contribution is 0.590. The SMILES string of the molecule is CC(C)(C)c1ccc(N2B3c4oc5ccc(C(C)(C)C)cc5c4-n4c5cc6c(cc5c5ccc(c3c54)-c3cc4ccccc4cc32)sc2ccccc26)cc1. The first kappa shape index (κ1) is 31.6. The van der Waals surface area contributed by atoms with Gasteiger partial charge >= 0.3 is 6.85 Å². The topological polar surface area (TPSA) is 21.3 Å². The fourth-order valence-corrected chi connectivity index (χ4v) is 10.8. The zero-order valence-electron chi connectivity index (χ0n) is 31.9. The Morgan fingerprint density at radius 1 is 0.564 bits per heavy atom. The number of hydrogen-bond donors (Lipinski definition) is 0. The summed E-state index contributed by atoms with van der Waals surface area (Å²) in [4.78, 5) is 2.58. The Kier molecular flexibility index (Phi) is 6.02. The Hall–Kier alpha value is -5.78. The predicted molar refractivity (Wildman–Crippen MR) is 237 cm³/mol. The van der Waals surface area contributed by atoms with Crippen LogP contribution in [0.2, 0.25) is 0 Å². The average molecular weight is 727 g/mol. The van der Waals surface area contributed by atoms with E-state index in [0.717, 1.165) is 22.6 Å². The zero-order chi connectivity index (χ0) is 37.1. The number of aromatic nitrogens is 1. The summed E-state index contributed by atoms with van der Waals surface area (Å²) in [6.07, 6.45) is 0. The first-order chi connectivity index (χ1) is 26.5. The molecular formula is C50H39BN2OS. The second-order valence-electron chi connectivity index (χ2n) is 17.8. The van der Waals surface area contributed by atoms with Gasteiger partial charge in [0.25, 0.3) is 0 Å². The molecule has 0 saturated carbocycles. The maximum atomic E-state index is 7.27. The number of thiophene rings is 1. The van der Waals surface area contributed by atoms with Crippen molar-refractivity contribution in [1.82, 2.24) is 4.57 Å². The van der Waals surface area contributed by atoms with Crippen molar-refractivity contribution in [2.75, 3.05) is 4.81 Å². The normalized spacial score (nSPS) is 13.9. The van der Waals surface area contributed by atoms with E-state index in [1.54, 1.807) is 0 Å². The van der Waals surface area contributed by atoms with Crippen LogP contribution in [0, 0.1) is 0 Å². The van der Waals surface area contributed by atoms with Crippen molar-refractivity contribution in [2.45, 2.75) is 52.4 Å². The van der Waals surface area contributed by atoms with Crippen LogP contribution < -0.4 is 15.9 Å². The zero-order valence-corrected chi connectivity index (χ0v) is 32.7. The molecule has 0 radical (unpaired) electrons. The molecule has 3 aromatic heterocycles. The summed E-state index contributed by atoms with van der Waals surface area (Å²) < 4.78 is 12.5. The second-order valence-corrected chi connectivity index (χ2v) is 18.9. The molecule has 0 bridgehead atoms. The van der Waals surface area contributed by atoms with Gasteiger partial charge in [-0.1, -0.05) is 114 Å². The Morgan fingerprint density at radius 2 is 1.29 bits per heavy atom. The molecule has 0 saturated heterocycles. The molecule has 5 heteroatoms. The van der Waals surface area contributed by atoms with Crippen LogP contribution in [0.15, 0.2) is 132 Å². The third-order valence-corrected chi connectivity index (χ3v) is 13.6. The molecular weight excluding hydrogens is 687 g/mol. The predicted octanol–water partition coefficient (Wildman–Crippen LogP) is 12.9. The lowest BCUT2D eigenvalue weighted by Crippen LogP contribution is -2.60. The van der Waals surface area contributed by atoms with Crippen LogP contribution >= 0.6 is 11.3 Å². The minimum Gasteiger partial charge on any atom is -0.466 e. The van der Waals surface area contributed by atoms with Gasteiger partial charge in [-0.2, -0.15) is 0 Å². The summed E-state index contributed by atoms with van der Waals surface area (Å²) >= 11 is 1.89. The van der Waals surface area contributed by atoms with E-state index in [0.29, 0.717) is 0 Å². The van der Waals surface area contributed by atoms with E-state index in [1.165, 1.54) is 91.5 Å². The monoisotopic (exact) mass is 726 g/mol. The van der Waals surface area contributed by atoms with E-state index < -0.39 is 0 Å². The minimum atomic E-state index is -0.174. The number of furan rings is 1. The molecule has 7 aromatic carbocycles. The molecule has 2 aliphatic heterocycles. The highest BCUT2D eigenvalue weighted by Crippen LogP contribution is 2.49. The van der Waals surface area contributed by atoms with Gasteiger partial charge < -0.3 is 13.8 Å². The van der Waals surface area contributed by atoms with Crippen LogP contribution in [-0.4, -0.2) is 11.4 Å². The molecule has 55 heavy (non-hydrogen) atoms. The van der Waals surface area contributed by atoms with E-state index in [1.807, 2.05) is 11.3 Å². The largest absolute Gasteiger partial charge is 0.466 e. The summed E-state index contributed by atoms with van der Waals surface area (Å²) in [5.41, 5.74) is 14.5. The molecule has 0 aliphatic carbocycles. The third-order valence-electron chi connectivity index (χ3n) is 12.4. The molecule has 0 spiro atoms. The molecule has 0 fully saturated rings. The van der Waals surface area contributed by atoms with Crippen molar-refractivity contribution < 1.29 is 4.42 Å². The standard InChI is InChI=1S/C50H39BN2OS/c1-49(2,3)30-15-18-32(19-16-30)53-41-24-29-12-8-7-11-28(29)23-36(41)34-20-21-35-37-27-44-38(33-13-9-10-14-43(33)55-44)26-40(37)52-46(35)45(34)51(53)48-47(52)39-25-31(50(4,5)6)17-22-42(39)54-48/h7-27H,1-6H3. The number of fused-ring (bicyclic) bond motifs is 14. The van der Waals surface area contributed by atoms with Crippen molar-refractivity contribution in [2.24, 2.45) is 0 Å². The van der Waals surface area contributed by atoms with Gasteiger partial charge in [0, 0.05) is 53.3 Å². The van der Waals surface area contributed by atoms with Gasteiger partial charge in [0.1, 0.15) is 11.2 Å². The lowest BCUT2D eigenvalue weighted by atomic mass is 9.46. The second kappa shape index (κ2) is 10.5. The van der Waals surface area contributed by atoms with Crippen molar-refractivity contribution in [3.8, 4) is 16.8 Å². The maximum absolute atomic E-state index is 7.27. The number of nitrogens with zero attached hydrogens (tertiary/aromatic N) is 2. The van der Waals surface area contributed by atoms with Crippen molar-refractivity contribution in [3.63, 3.8) is 0 Å². The van der Waals surface area contributed by atoms with Gasteiger partial charge in [-0.15, -0.1) is 11.3 Å². The maximum Gasteiger partial charge on any atom is 0.375 e. The highest BCUT2D eigenvalue weighted by molar-refractivity contribution is 7.25. The van der Waals surface area contributed by atoms with E-state index >= 15 is 0 Å². The quantitative estimate of drug-likeness (QED) is 0.157. The summed E-state index contributed by atoms with van der Waals surface area (Å²) in [5.74, 6) is 0. The van der Waals surface area contributed by atoms with Crippen LogP contribution in [-0.2, 0) is 10.8 Å². The van der Waals surface area contributed by atoms with E-state index in [-0.39, 0.29) is 17.7 Å². The van der Waals surface area contributed by atoms with Crippen LogP contribution in [0.3, 0.4) is 0 Å². The van der Waals surface area contributed by atoms with Gasteiger partial charge in [-0.25, -0.2) is 0 Å². The summed E-state index contributed by atoms with van der Waals surface area (Å²) in [6, 6.07) is 48.3. The molecule has 0 amide bonds.